The van der Waals surface area contributed by atoms with Gasteiger partial charge < -0.3 is 15.0 Å². The third-order valence-corrected chi connectivity index (χ3v) is 6.56. The molecule has 1 atom stereocenters. The molecule has 7 nitrogen and oxygen atoms in total. The van der Waals surface area contributed by atoms with E-state index in [2.05, 4.69) is 5.32 Å². The van der Waals surface area contributed by atoms with E-state index in [0.29, 0.717) is 23.4 Å². The monoisotopic (exact) mass is 416 g/mol. The maximum absolute atomic E-state index is 12.6. The second kappa shape index (κ2) is 8.65. The lowest BCUT2D eigenvalue weighted by Gasteiger charge is -2.18. The van der Waals surface area contributed by atoms with E-state index in [0.717, 1.165) is 5.56 Å². The van der Waals surface area contributed by atoms with Gasteiger partial charge in [-0.2, -0.15) is 0 Å². The van der Waals surface area contributed by atoms with E-state index in [4.69, 9.17) is 4.74 Å². The lowest BCUT2D eigenvalue weighted by atomic mass is 10.1. The number of sulfone groups is 1. The van der Waals surface area contributed by atoms with Crippen LogP contribution >= 0.6 is 0 Å². The normalized spacial score (nSPS) is 17.5. The maximum atomic E-state index is 12.6. The van der Waals surface area contributed by atoms with E-state index >= 15 is 0 Å². The van der Waals surface area contributed by atoms with Crippen molar-refractivity contribution in [3.63, 3.8) is 0 Å². The Morgan fingerprint density at radius 1 is 1.10 bits per heavy atom. The Labute approximate surface area is 170 Å². The van der Waals surface area contributed by atoms with E-state index in [1.807, 2.05) is 19.1 Å². The lowest BCUT2D eigenvalue weighted by Crippen LogP contribution is -2.38. The van der Waals surface area contributed by atoms with Gasteiger partial charge in [-0.15, -0.1) is 0 Å². The van der Waals surface area contributed by atoms with Crippen LogP contribution in [0.4, 0.5) is 5.69 Å². The molecule has 8 heteroatoms. The number of benzene rings is 2. The number of nitrogens with one attached hydrogen (secondary N) is 1. The summed E-state index contributed by atoms with van der Waals surface area (Å²) in [6, 6.07) is 13.9. The van der Waals surface area contributed by atoms with Crippen molar-refractivity contribution < 1.29 is 22.7 Å². The Balaban J connectivity index is 1.52. The van der Waals surface area contributed by atoms with Crippen molar-refractivity contribution >= 4 is 27.3 Å². The number of hydrogen-bond acceptors (Lipinski definition) is 5. The Morgan fingerprint density at radius 3 is 2.34 bits per heavy atom. The molecule has 1 aliphatic heterocycles. The highest BCUT2D eigenvalue weighted by molar-refractivity contribution is 7.91. The van der Waals surface area contributed by atoms with Crippen LogP contribution in [0.5, 0.6) is 5.75 Å². The molecule has 1 fully saturated rings. The van der Waals surface area contributed by atoms with Gasteiger partial charge in [0, 0.05) is 24.3 Å². The van der Waals surface area contributed by atoms with Gasteiger partial charge >= 0.3 is 0 Å². The summed E-state index contributed by atoms with van der Waals surface area (Å²) in [4.78, 5) is 26.1. The molecule has 0 aliphatic carbocycles. The molecule has 0 radical (unpaired) electrons. The van der Waals surface area contributed by atoms with Crippen molar-refractivity contribution in [1.82, 2.24) is 5.32 Å². The van der Waals surface area contributed by atoms with Gasteiger partial charge in [0.05, 0.1) is 11.5 Å². The summed E-state index contributed by atoms with van der Waals surface area (Å²) >= 11 is 0. The summed E-state index contributed by atoms with van der Waals surface area (Å²) in [5, 5.41) is 2.68. The molecule has 2 aromatic rings. The summed E-state index contributed by atoms with van der Waals surface area (Å²) in [6.07, 6.45) is 0.435. The van der Waals surface area contributed by atoms with Gasteiger partial charge in [0.25, 0.3) is 11.8 Å². The molecule has 2 aromatic carbocycles. The summed E-state index contributed by atoms with van der Waals surface area (Å²) < 4.78 is 28.3. The van der Waals surface area contributed by atoms with Crippen LogP contribution in [0.3, 0.4) is 0 Å². The maximum Gasteiger partial charge on any atom is 0.258 e. The predicted octanol–water partition coefficient (Wildman–Crippen LogP) is 1.95. The number of carbonyl (C=O) groups excluding carboxylic acids is 2. The van der Waals surface area contributed by atoms with Crippen molar-refractivity contribution in [3.05, 3.63) is 59.7 Å². The summed E-state index contributed by atoms with van der Waals surface area (Å²) in [5.41, 5.74) is 2.39. The highest BCUT2D eigenvalue weighted by Gasteiger charge is 2.28. The molecule has 0 aromatic heterocycles. The fourth-order valence-corrected chi connectivity index (χ4v) is 4.77. The molecule has 1 heterocycles. The average Bonchev–Trinajstić information content (AvgIpc) is 3.04. The zero-order valence-electron chi connectivity index (χ0n) is 16.4. The van der Waals surface area contributed by atoms with Crippen LogP contribution in [-0.2, 0) is 14.6 Å². The number of rotatable bonds is 6. The lowest BCUT2D eigenvalue weighted by molar-refractivity contribution is -0.123. The van der Waals surface area contributed by atoms with Crippen molar-refractivity contribution in [1.29, 1.82) is 0 Å². The first-order valence-electron chi connectivity index (χ1n) is 9.31. The van der Waals surface area contributed by atoms with Gasteiger partial charge in [-0.3, -0.25) is 9.59 Å². The highest BCUT2D eigenvalue weighted by Crippen LogP contribution is 2.20. The molecule has 3 rings (SSSR count). The van der Waals surface area contributed by atoms with E-state index < -0.39 is 9.84 Å². The third-order valence-electron chi connectivity index (χ3n) is 4.79. The average molecular weight is 416 g/mol. The minimum absolute atomic E-state index is 0.0191. The second-order valence-electron chi connectivity index (χ2n) is 7.18. The first-order valence-corrected chi connectivity index (χ1v) is 11.1. The number of carbonyl (C=O) groups is 2. The highest BCUT2D eigenvalue weighted by atomic mass is 32.2. The van der Waals surface area contributed by atoms with Crippen molar-refractivity contribution in [3.8, 4) is 5.75 Å². The number of anilines is 1. The number of hydrogen-bond donors (Lipinski definition) is 1. The first-order chi connectivity index (χ1) is 13.7. The smallest absolute Gasteiger partial charge is 0.258 e. The zero-order chi connectivity index (χ0) is 21.0. The van der Waals surface area contributed by atoms with E-state index in [9.17, 15) is 18.0 Å². The SMILES string of the molecule is Cc1ccc(C(=O)N(C)c2ccc(OCC(=O)NC3CCS(=O)(=O)C3)cc2)cc1. The fourth-order valence-electron chi connectivity index (χ4n) is 3.10. The van der Waals surface area contributed by atoms with E-state index in [1.54, 1.807) is 48.3 Å². The van der Waals surface area contributed by atoms with Crippen molar-refractivity contribution in [2.45, 2.75) is 19.4 Å². The zero-order valence-corrected chi connectivity index (χ0v) is 17.2. The number of nitrogens with zero attached hydrogens (tertiary/aromatic N) is 1. The van der Waals surface area contributed by atoms with Gasteiger partial charge in [0.1, 0.15) is 5.75 Å². The Hall–Kier alpha value is -2.87. The van der Waals surface area contributed by atoms with Gasteiger partial charge in [-0.25, -0.2) is 8.42 Å². The number of aryl methyl sites for hydroxylation is 1. The molecule has 1 saturated heterocycles. The topological polar surface area (TPSA) is 92.8 Å². The van der Waals surface area contributed by atoms with Crippen LogP contribution in [0.2, 0.25) is 0 Å². The molecule has 0 saturated carbocycles. The summed E-state index contributed by atoms with van der Waals surface area (Å²) in [5.74, 6) is 0.0932. The fraction of sp³-hybridized carbons (Fsp3) is 0.333. The van der Waals surface area contributed by atoms with Crippen LogP contribution in [-0.4, -0.2) is 51.4 Å². The van der Waals surface area contributed by atoms with Gasteiger partial charge in [0.2, 0.25) is 0 Å². The van der Waals surface area contributed by atoms with Gasteiger partial charge in [-0.05, 0) is 49.7 Å². The summed E-state index contributed by atoms with van der Waals surface area (Å²) in [7, 11) is -1.34. The molecule has 2 amide bonds. The number of amides is 2. The predicted molar refractivity (Wildman–Crippen MR) is 111 cm³/mol. The van der Waals surface area contributed by atoms with E-state index in [-0.39, 0.29) is 36.0 Å². The molecule has 29 heavy (non-hydrogen) atoms. The van der Waals surface area contributed by atoms with Crippen LogP contribution < -0.4 is 15.0 Å². The minimum Gasteiger partial charge on any atom is -0.484 e. The molecule has 0 spiro atoms. The Bertz CT molecular complexity index is 985. The van der Waals surface area contributed by atoms with Crippen LogP contribution in [0, 0.1) is 6.92 Å². The second-order valence-corrected chi connectivity index (χ2v) is 9.41. The molecule has 1 N–H and O–H groups in total. The molecular formula is C21H24N2O5S. The molecule has 1 aliphatic rings. The van der Waals surface area contributed by atoms with Crippen molar-refractivity contribution in [2.24, 2.45) is 0 Å². The van der Waals surface area contributed by atoms with Gasteiger partial charge in [-0.1, -0.05) is 17.7 Å². The molecule has 1 unspecified atom stereocenters. The molecular weight excluding hydrogens is 392 g/mol. The Morgan fingerprint density at radius 2 is 1.76 bits per heavy atom. The summed E-state index contributed by atoms with van der Waals surface area (Å²) in [6.45, 7) is 1.76. The van der Waals surface area contributed by atoms with E-state index in [1.165, 1.54) is 0 Å². The third kappa shape index (κ3) is 5.57. The minimum atomic E-state index is -3.04. The first kappa shape index (κ1) is 20.9. The number of ether oxygens (including phenoxy) is 1. The van der Waals surface area contributed by atoms with Crippen molar-refractivity contribution in [2.75, 3.05) is 30.1 Å². The quantitative estimate of drug-likeness (QED) is 0.777. The van der Waals surface area contributed by atoms with Crippen LogP contribution in [0.25, 0.3) is 0 Å². The molecule has 154 valence electrons. The largest absolute Gasteiger partial charge is 0.484 e. The van der Waals surface area contributed by atoms with Crippen LogP contribution in [0.15, 0.2) is 48.5 Å². The standard InChI is InChI=1S/C21H24N2O5S/c1-15-3-5-16(6-4-15)21(25)23(2)18-7-9-19(10-8-18)28-13-20(24)22-17-11-12-29(26,27)14-17/h3-10,17H,11-14H2,1-2H3,(H,22,24). The Kier molecular flexibility index (Phi) is 6.22. The van der Waals surface area contributed by atoms with Gasteiger partial charge in [0.15, 0.2) is 16.4 Å². The van der Waals surface area contributed by atoms with Crippen LogP contribution in [0.1, 0.15) is 22.3 Å². The molecule has 0 bridgehead atoms.